The summed E-state index contributed by atoms with van der Waals surface area (Å²) in [5, 5.41) is 0. The topological polar surface area (TPSA) is 29.3 Å². The van der Waals surface area contributed by atoms with E-state index in [4.69, 9.17) is 4.74 Å². The van der Waals surface area contributed by atoms with E-state index in [-0.39, 0.29) is 16.8 Å². The largest absolute Gasteiger partial charge is 0.497 e. The zero-order chi connectivity index (χ0) is 14.2. The molecular weight excluding hydrogens is 258 g/mol. The smallest absolute Gasteiger partial charge is 0.118 e. The molecule has 0 spiro atoms. The summed E-state index contributed by atoms with van der Waals surface area (Å²) < 4.78 is 19.4. The van der Waals surface area contributed by atoms with E-state index in [1.165, 1.54) is 0 Å². The van der Waals surface area contributed by atoms with Crippen LogP contribution in [-0.4, -0.2) is 26.4 Å². The molecule has 1 saturated heterocycles. The Morgan fingerprint density at radius 1 is 1.32 bits per heavy atom. The highest BCUT2D eigenvalue weighted by Gasteiger charge is 2.52. The maximum Gasteiger partial charge on any atom is 0.118 e. The van der Waals surface area contributed by atoms with E-state index in [2.05, 4.69) is 6.58 Å². The summed E-state index contributed by atoms with van der Waals surface area (Å²) in [6.07, 6.45) is 1.87. The van der Waals surface area contributed by atoms with Crippen LogP contribution >= 0.6 is 0 Å². The van der Waals surface area contributed by atoms with E-state index in [0.29, 0.717) is 0 Å². The monoisotopic (exact) mass is 279 g/mol. The molecule has 104 valence electrons. The summed E-state index contributed by atoms with van der Waals surface area (Å²) in [4.78, 5) is 0. The van der Waals surface area contributed by atoms with Crippen LogP contribution in [0.2, 0.25) is 0 Å². The minimum Gasteiger partial charge on any atom is -0.497 e. The van der Waals surface area contributed by atoms with Gasteiger partial charge in [0.15, 0.2) is 0 Å². The lowest BCUT2D eigenvalue weighted by Crippen LogP contribution is -2.28. The number of hydrogen-bond acceptors (Lipinski definition) is 2. The normalized spacial score (nSPS) is 27.7. The molecule has 1 fully saturated rings. The maximum absolute atomic E-state index is 12.5. The summed E-state index contributed by atoms with van der Waals surface area (Å²) in [6, 6.07) is 8.26. The van der Waals surface area contributed by atoms with Gasteiger partial charge in [0, 0.05) is 0 Å². The van der Waals surface area contributed by atoms with E-state index < -0.39 is 11.0 Å². The van der Waals surface area contributed by atoms with Crippen LogP contribution in [0.1, 0.15) is 32.4 Å². The van der Waals surface area contributed by atoms with Gasteiger partial charge in [-0.2, -0.15) is 0 Å². The third-order valence-corrected chi connectivity index (χ3v) is 5.12. The fourth-order valence-electron chi connectivity index (χ4n) is 2.14. The molecule has 2 rings (SSSR count). The van der Waals surface area contributed by atoms with Crippen molar-refractivity contribution in [2.75, 3.05) is 7.11 Å². The maximum atomic E-state index is 12.5. The van der Waals surface area contributed by atoms with Gasteiger partial charge in [-0.1, -0.05) is 18.2 Å². The number of methoxy groups -OCH3 is 1. The van der Waals surface area contributed by atoms with Gasteiger partial charge < -0.3 is 4.74 Å². The molecule has 0 bridgehead atoms. The van der Waals surface area contributed by atoms with E-state index >= 15 is 0 Å². The molecule has 0 saturated carbocycles. The molecule has 3 nitrogen and oxygen atoms in total. The number of hydrogen-bond donors (Lipinski definition) is 0. The van der Waals surface area contributed by atoms with E-state index in [1.54, 1.807) is 7.11 Å². The standard InChI is InChI=1S/C15H21NO2S/c1-6-13-14(16(13)19(17)15(2,3)4)11-7-9-12(18-5)10-8-11/h6-10,13-14H,1H2,2-5H3/t13?,14-,16?,19-/m0/s1. The van der Waals surface area contributed by atoms with Gasteiger partial charge in [0.25, 0.3) is 0 Å². The molecule has 0 N–H and O–H groups in total. The number of ether oxygens (including phenoxy) is 1. The molecule has 0 aliphatic carbocycles. The van der Waals surface area contributed by atoms with Crippen LogP contribution in [0.3, 0.4) is 0 Å². The van der Waals surface area contributed by atoms with Crippen LogP contribution in [0, 0.1) is 0 Å². The summed E-state index contributed by atoms with van der Waals surface area (Å²) in [5.41, 5.74) is 1.16. The van der Waals surface area contributed by atoms with Gasteiger partial charge in [-0.15, -0.1) is 6.58 Å². The second kappa shape index (κ2) is 5.10. The molecule has 1 heterocycles. The van der Waals surface area contributed by atoms with E-state index in [9.17, 15) is 4.21 Å². The highest BCUT2D eigenvalue weighted by atomic mass is 32.2. The lowest BCUT2D eigenvalue weighted by Gasteiger charge is -2.18. The van der Waals surface area contributed by atoms with Gasteiger partial charge in [-0.05, 0) is 38.5 Å². The minimum absolute atomic E-state index is 0.161. The Labute approximate surface area is 117 Å². The molecule has 1 aliphatic heterocycles. The quantitative estimate of drug-likeness (QED) is 0.626. The molecule has 1 aromatic rings. The summed E-state index contributed by atoms with van der Waals surface area (Å²) in [7, 11) is 0.638. The molecule has 0 amide bonds. The van der Waals surface area contributed by atoms with Gasteiger partial charge in [-0.25, -0.2) is 8.51 Å². The summed E-state index contributed by atoms with van der Waals surface area (Å²) in [6.45, 7) is 9.82. The van der Waals surface area contributed by atoms with Crippen molar-refractivity contribution in [3.63, 3.8) is 0 Å². The van der Waals surface area contributed by atoms with Gasteiger partial charge in [-0.3, -0.25) is 0 Å². The molecule has 0 radical (unpaired) electrons. The van der Waals surface area contributed by atoms with Crippen molar-refractivity contribution in [3.8, 4) is 5.75 Å². The molecule has 1 aliphatic rings. The first-order valence-corrected chi connectivity index (χ1v) is 7.47. The average Bonchev–Trinajstić information content (AvgIpc) is 3.11. The molecule has 1 aromatic carbocycles. The molecular formula is C15H21NO2S. The SMILES string of the molecule is C=CC1[C@H](c2ccc(OC)cc2)N1[S@@](=O)C(C)(C)C. The van der Waals surface area contributed by atoms with Crippen LogP contribution in [-0.2, 0) is 11.0 Å². The second-order valence-corrected chi connectivity index (χ2v) is 7.81. The van der Waals surface area contributed by atoms with Gasteiger partial charge in [0.2, 0.25) is 0 Å². The van der Waals surface area contributed by atoms with Crippen molar-refractivity contribution in [1.29, 1.82) is 0 Å². The van der Waals surface area contributed by atoms with Crippen LogP contribution in [0.25, 0.3) is 0 Å². The fourth-order valence-corrected chi connectivity index (χ4v) is 3.59. The van der Waals surface area contributed by atoms with Gasteiger partial charge in [0.05, 0.1) is 23.9 Å². The fraction of sp³-hybridized carbons (Fsp3) is 0.467. The Hall–Kier alpha value is -1.13. The third kappa shape index (κ3) is 2.74. The number of nitrogens with zero attached hydrogens (tertiary/aromatic N) is 1. The summed E-state index contributed by atoms with van der Waals surface area (Å²) >= 11 is 0. The predicted molar refractivity (Wildman–Crippen MR) is 79.5 cm³/mol. The van der Waals surface area contributed by atoms with Crippen molar-refractivity contribution >= 4 is 11.0 Å². The number of benzene rings is 1. The van der Waals surface area contributed by atoms with Gasteiger partial charge >= 0.3 is 0 Å². The van der Waals surface area contributed by atoms with Crippen molar-refractivity contribution in [2.45, 2.75) is 37.6 Å². The Morgan fingerprint density at radius 3 is 2.32 bits per heavy atom. The van der Waals surface area contributed by atoms with Gasteiger partial charge in [0.1, 0.15) is 16.7 Å². The highest BCUT2D eigenvalue weighted by Crippen LogP contribution is 2.47. The lowest BCUT2D eigenvalue weighted by molar-refractivity contribution is 0.414. The third-order valence-electron chi connectivity index (χ3n) is 3.22. The lowest BCUT2D eigenvalue weighted by atomic mass is 10.1. The van der Waals surface area contributed by atoms with Crippen LogP contribution in [0.4, 0.5) is 0 Å². The Bertz CT molecular complexity index is 490. The average molecular weight is 279 g/mol. The molecule has 0 aromatic heterocycles. The van der Waals surface area contributed by atoms with Crippen LogP contribution in [0.5, 0.6) is 5.75 Å². The molecule has 4 atom stereocenters. The molecule has 4 heteroatoms. The highest BCUT2D eigenvalue weighted by molar-refractivity contribution is 7.84. The van der Waals surface area contributed by atoms with Crippen LogP contribution < -0.4 is 4.74 Å². The zero-order valence-corrected chi connectivity index (χ0v) is 12.7. The zero-order valence-electron chi connectivity index (χ0n) is 11.9. The predicted octanol–water partition coefficient (Wildman–Crippen LogP) is 3.07. The molecule has 2 unspecified atom stereocenters. The molecule has 19 heavy (non-hydrogen) atoms. The minimum atomic E-state index is -1.01. The van der Waals surface area contributed by atoms with E-state index in [1.807, 2.05) is 55.4 Å². The van der Waals surface area contributed by atoms with Crippen molar-refractivity contribution in [2.24, 2.45) is 0 Å². The second-order valence-electron chi connectivity index (χ2n) is 5.67. The first-order chi connectivity index (χ1) is 8.90. The van der Waals surface area contributed by atoms with Crippen LogP contribution in [0.15, 0.2) is 36.9 Å². The van der Waals surface area contributed by atoms with E-state index in [0.717, 1.165) is 11.3 Å². The van der Waals surface area contributed by atoms with Crippen molar-refractivity contribution in [3.05, 3.63) is 42.5 Å². The Balaban J connectivity index is 2.20. The van der Waals surface area contributed by atoms with Crippen molar-refractivity contribution < 1.29 is 8.95 Å². The Morgan fingerprint density at radius 2 is 1.89 bits per heavy atom. The first kappa shape index (κ1) is 14.3. The first-order valence-electron chi connectivity index (χ1n) is 6.37. The number of rotatable bonds is 4. The summed E-state index contributed by atoms with van der Waals surface area (Å²) in [5.74, 6) is 0.836. The Kier molecular flexibility index (Phi) is 3.83. The van der Waals surface area contributed by atoms with Crippen molar-refractivity contribution in [1.82, 2.24) is 4.31 Å².